The van der Waals surface area contributed by atoms with E-state index in [1.807, 2.05) is 27.7 Å². The number of rotatable bonds is 5. The Morgan fingerprint density at radius 1 is 1.44 bits per heavy atom. The summed E-state index contributed by atoms with van der Waals surface area (Å²) in [7, 11) is 0. The Morgan fingerprint density at radius 2 is 2.06 bits per heavy atom. The molecule has 1 N–H and O–H groups in total. The van der Waals surface area contributed by atoms with Gasteiger partial charge in [-0.3, -0.25) is 4.79 Å². The van der Waals surface area contributed by atoms with Gasteiger partial charge in [-0.25, -0.2) is 0 Å². The highest BCUT2D eigenvalue weighted by Crippen LogP contribution is 2.18. The smallest absolute Gasteiger partial charge is 0.289 e. The van der Waals surface area contributed by atoms with Crippen molar-refractivity contribution in [3.63, 3.8) is 0 Å². The van der Waals surface area contributed by atoms with E-state index in [-0.39, 0.29) is 11.9 Å². The van der Waals surface area contributed by atoms with Gasteiger partial charge in [0.15, 0.2) is 5.76 Å². The molecule has 1 atom stereocenters. The number of carbonyl (C=O) groups is 1. The van der Waals surface area contributed by atoms with Crippen molar-refractivity contribution >= 4 is 5.91 Å². The average Bonchev–Trinajstić information content (AvgIpc) is 2.66. The summed E-state index contributed by atoms with van der Waals surface area (Å²) >= 11 is 0. The fourth-order valence-electron chi connectivity index (χ4n) is 1.93. The van der Waals surface area contributed by atoms with Gasteiger partial charge < -0.3 is 14.4 Å². The van der Waals surface area contributed by atoms with E-state index in [2.05, 4.69) is 0 Å². The maximum Gasteiger partial charge on any atom is 0.289 e. The summed E-state index contributed by atoms with van der Waals surface area (Å²) in [6.07, 6.45) is 0.232. The van der Waals surface area contributed by atoms with Gasteiger partial charge in [0.05, 0.1) is 6.10 Å². The number of amides is 1. The molecule has 0 spiro atoms. The molecule has 1 amide bonds. The zero-order valence-corrected chi connectivity index (χ0v) is 11.9. The minimum absolute atomic E-state index is 0.0302. The summed E-state index contributed by atoms with van der Waals surface area (Å²) in [5.74, 6) is 1.05. The number of aliphatic hydroxyl groups is 1. The van der Waals surface area contributed by atoms with Gasteiger partial charge in [-0.1, -0.05) is 6.92 Å². The summed E-state index contributed by atoms with van der Waals surface area (Å²) in [5.41, 5.74) is 1.00. The summed E-state index contributed by atoms with van der Waals surface area (Å²) in [6, 6.07) is 1.81. The van der Waals surface area contributed by atoms with E-state index in [0.29, 0.717) is 12.3 Å². The van der Waals surface area contributed by atoms with Crippen LogP contribution in [0, 0.1) is 6.92 Å². The van der Waals surface area contributed by atoms with Crippen molar-refractivity contribution in [2.75, 3.05) is 6.54 Å². The number of carbonyl (C=O) groups excluding carboxylic acids is 1. The van der Waals surface area contributed by atoms with Gasteiger partial charge in [-0.2, -0.15) is 0 Å². The Bertz CT molecular complexity index is 407. The summed E-state index contributed by atoms with van der Waals surface area (Å²) in [5, 5.41) is 9.45. The molecule has 0 radical (unpaired) electrons. The molecule has 0 saturated carbocycles. The molecule has 0 bridgehead atoms. The molecular formula is C14H23NO3. The van der Waals surface area contributed by atoms with Crippen LogP contribution >= 0.6 is 0 Å². The van der Waals surface area contributed by atoms with Crippen LogP contribution in [0.1, 0.15) is 49.6 Å². The molecule has 0 aliphatic carbocycles. The molecule has 1 aromatic rings. The monoisotopic (exact) mass is 253 g/mol. The highest BCUT2D eigenvalue weighted by atomic mass is 16.4. The first-order chi connectivity index (χ1) is 8.36. The van der Waals surface area contributed by atoms with Crippen molar-refractivity contribution in [2.24, 2.45) is 0 Å². The van der Waals surface area contributed by atoms with Crippen LogP contribution in [0.15, 0.2) is 10.5 Å². The lowest BCUT2D eigenvalue weighted by molar-refractivity contribution is 0.0547. The number of aliphatic hydroxyl groups excluding tert-OH is 1. The molecule has 0 aromatic carbocycles. The molecule has 4 heteroatoms. The standard InChI is InChI=1S/C14H23NO3/c1-6-12-10(4)7-13(18-12)14(17)15(9(2)3)8-11(5)16/h7,9,11,16H,6,8H2,1-5H3. The van der Waals surface area contributed by atoms with Crippen molar-refractivity contribution in [1.29, 1.82) is 0 Å². The molecule has 0 fully saturated rings. The number of aryl methyl sites for hydroxylation is 2. The lowest BCUT2D eigenvalue weighted by Gasteiger charge is -2.27. The predicted molar refractivity (Wildman–Crippen MR) is 70.7 cm³/mol. The van der Waals surface area contributed by atoms with Gasteiger partial charge in [-0.05, 0) is 39.3 Å². The molecule has 0 aliphatic heterocycles. The zero-order chi connectivity index (χ0) is 13.9. The van der Waals surface area contributed by atoms with Crippen LogP contribution in [0.3, 0.4) is 0 Å². The van der Waals surface area contributed by atoms with Crippen molar-refractivity contribution in [1.82, 2.24) is 4.90 Å². The highest BCUT2D eigenvalue weighted by molar-refractivity contribution is 5.92. The van der Waals surface area contributed by atoms with E-state index in [1.54, 1.807) is 17.9 Å². The van der Waals surface area contributed by atoms with Gasteiger partial charge in [-0.15, -0.1) is 0 Å². The van der Waals surface area contributed by atoms with Gasteiger partial charge >= 0.3 is 0 Å². The van der Waals surface area contributed by atoms with Crippen LogP contribution in [0.2, 0.25) is 0 Å². The minimum Gasteiger partial charge on any atom is -0.456 e. The van der Waals surface area contributed by atoms with E-state index in [9.17, 15) is 9.90 Å². The molecule has 1 aromatic heterocycles. The van der Waals surface area contributed by atoms with Crippen LogP contribution in [0.4, 0.5) is 0 Å². The summed E-state index contributed by atoms with van der Waals surface area (Å²) in [6.45, 7) is 9.78. The van der Waals surface area contributed by atoms with Gasteiger partial charge in [0.2, 0.25) is 0 Å². The second kappa shape index (κ2) is 6.05. The quantitative estimate of drug-likeness (QED) is 0.876. The Labute approximate surface area is 109 Å². The Balaban J connectivity index is 2.94. The third-order valence-corrected chi connectivity index (χ3v) is 2.90. The van der Waals surface area contributed by atoms with E-state index < -0.39 is 6.10 Å². The SMILES string of the molecule is CCc1oc(C(=O)N(CC(C)O)C(C)C)cc1C. The van der Waals surface area contributed by atoms with Crippen LogP contribution in [-0.4, -0.2) is 34.6 Å². The summed E-state index contributed by atoms with van der Waals surface area (Å²) < 4.78 is 5.57. The normalized spacial score (nSPS) is 12.8. The first-order valence-corrected chi connectivity index (χ1v) is 6.45. The molecule has 18 heavy (non-hydrogen) atoms. The topological polar surface area (TPSA) is 53.7 Å². The Hall–Kier alpha value is -1.29. The van der Waals surface area contributed by atoms with Gasteiger partial charge in [0.1, 0.15) is 5.76 Å². The summed E-state index contributed by atoms with van der Waals surface area (Å²) in [4.78, 5) is 14.0. The lowest BCUT2D eigenvalue weighted by Crippen LogP contribution is -2.41. The maximum atomic E-state index is 12.3. The van der Waals surface area contributed by atoms with Crippen molar-refractivity contribution < 1.29 is 14.3 Å². The molecule has 0 saturated heterocycles. The zero-order valence-electron chi connectivity index (χ0n) is 11.9. The molecule has 1 heterocycles. The second-order valence-corrected chi connectivity index (χ2v) is 4.97. The molecule has 102 valence electrons. The first-order valence-electron chi connectivity index (χ1n) is 6.45. The maximum absolute atomic E-state index is 12.3. The van der Waals surface area contributed by atoms with Gasteiger partial charge in [0.25, 0.3) is 5.91 Å². The fourth-order valence-corrected chi connectivity index (χ4v) is 1.93. The highest BCUT2D eigenvalue weighted by Gasteiger charge is 2.23. The van der Waals surface area contributed by atoms with Crippen LogP contribution in [0.5, 0.6) is 0 Å². The molecule has 1 unspecified atom stereocenters. The van der Waals surface area contributed by atoms with E-state index in [0.717, 1.165) is 17.7 Å². The Morgan fingerprint density at radius 3 is 2.44 bits per heavy atom. The number of hydrogen-bond acceptors (Lipinski definition) is 3. The number of furan rings is 1. The third-order valence-electron chi connectivity index (χ3n) is 2.90. The molecule has 1 rings (SSSR count). The van der Waals surface area contributed by atoms with Gasteiger partial charge in [0, 0.05) is 19.0 Å². The third kappa shape index (κ3) is 3.35. The number of nitrogens with zero attached hydrogens (tertiary/aromatic N) is 1. The van der Waals surface area contributed by atoms with Crippen molar-refractivity contribution in [3.05, 3.63) is 23.2 Å². The van der Waals surface area contributed by atoms with E-state index in [4.69, 9.17) is 4.42 Å². The fraction of sp³-hybridized carbons (Fsp3) is 0.643. The van der Waals surface area contributed by atoms with Crippen LogP contribution in [0.25, 0.3) is 0 Å². The van der Waals surface area contributed by atoms with E-state index >= 15 is 0 Å². The van der Waals surface area contributed by atoms with E-state index in [1.165, 1.54) is 0 Å². The first kappa shape index (κ1) is 14.8. The lowest BCUT2D eigenvalue weighted by atomic mass is 10.2. The average molecular weight is 253 g/mol. The second-order valence-electron chi connectivity index (χ2n) is 4.97. The largest absolute Gasteiger partial charge is 0.456 e. The van der Waals surface area contributed by atoms with Crippen molar-refractivity contribution in [2.45, 2.75) is 53.2 Å². The molecular weight excluding hydrogens is 230 g/mol. The molecule has 4 nitrogen and oxygen atoms in total. The predicted octanol–water partition coefficient (Wildman–Crippen LogP) is 2.38. The van der Waals surface area contributed by atoms with Crippen LogP contribution in [-0.2, 0) is 6.42 Å². The minimum atomic E-state index is -0.543. The molecule has 0 aliphatic rings. The van der Waals surface area contributed by atoms with Crippen LogP contribution < -0.4 is 0 Å². The Kier molecular flexibility index (Phi) is 4.96. The number of hydrogen-bond donors (Lipinski definition) is 1. The van der Waals surface area contributed by atoms with Crippen molar-refractivity contribution in [3.8, 4) is 0 Å².